The van der Waals surface area contributed by atoms with E-state index in [0.29, 0.717) is 60.8 Å². The number of carbonyl (C=O) groups excluding carboxylic acids is 1. The molecule has 4 heterocycles. The van der Waals surface area contributed by atoms with E-state index in [2.05, 4.69) is 34.7 Å². The predicted octanol–water partition coefficient (Wildman–Crippen LogP) is 3.46. The van der Waals surface area contributed by atoms with E-state index in [-0.39, 0.29) is 30.3 Å². The largest absolute Gasteiger partial charge is 0.478 e. The molecule has 0 spiro atoms. The first kappa shape index (κ1) is 26.9. The van der Waals surface area contributed by atoms with Gasteiger partial charge in [0.05, 0.1) is 24.9 Å². The van der Waals surface area contributed by atoms with Crippen molar-refractivity contribution in [3.63, 3.8) is 0 Å². The molecule has 0 atom stereocenters. The van der Waals surface area contributed by atoms with E-state index < -0.39 is 19.9 Å². The molecule has 0 radical (unpaired) electrons. The van der Waals surface area contributed by atoms with Crippen LogP contribution in [0.1, 0.15) is 10.4 Å². The first-order chi connectivity index (χ1) is 18.6. The molecule has 0 unspecified atom stereocenters. The average Bonchev–Trinajstić information content (AvgIpc) is 3.44. The lowest BCUT2D eigenvalue weighted by atomic mass is 10.1. The second-order valence-corrected chi connectivity index (χ2v) is 16.4. The van der Waals surface area contributed by atoms with Crippen LogP contribution in [0.25, 0.3) is 33.5 Å². The van der Waals surface area contributed by atoms with Crippen molar-refractivity contribution in [3.05, 3.63) is 42.0 Å². The van der Waals surface area contributed by atoms with Crippen LogP contribution in [0.5, 0.6) is 0 Å². The molecule has 1 fully saturated rings. The van der Waals surface area contributed by atoms with Gasteiger partial charge in [0.15, 0.2) is 5.65 Å². The number of carboxylic acids is 1. The van der Waals surface area contributed by atoms with Crippen LogP contribution in [-0.4, -0.2) is 87.2 Å². The number of benzene rings is 1. The number of carboxylic acid groups (broad SMARTS) is 1. The highest BCUT2D eigenvalue weighted by Gasteiger charge is 2.23. The molecule has 1 aliphatic rings. The van der Waals surface area contributed by atoms with Gasteiger partial charge in [-0.15, -0.1) is 0 Å². The van der Waals surface area contributed by atoms with Crippen LogP contribution < -0.4 is 0 Å². The normalized spacial score (nSPS) is 14.4. The summed E-state index contributed by atoms with van der Waals surface area (Å²) in [5, 5.41) is 15.0. The quantitative estimate of drug-likeness (QED) is 0.246. The number of nitrogens with zero attached hydrogens (tertiary/aromatic N) is 6. The van der Waals surface area contributed by atoms with Gasteiger partial charge >= 0.3 is 5.97 Å². The van der Waals surface area contributed by atoms with Gasteiger partial charge in [-0.2, -0.15) is 5.10 Å². The Morgan fingerprint density at radius 3 is 2.69 bits per heavy atom. The molecule has 1 aromatic carbocycles. The third kappa shape index (κ3) is 5.84. The Labute approximate surface area is 225 Å². The van der Waals surface area contributed by atoms with Gasteiger partial charge in [0, 0.05) is 39.4 Å². The third-order valence-corrected chi connectivity index (χ3v) is 8.33. The van der Waals surface area contributed by atoms with Gasteiger partial charge in [-0.25, -0.2) is 19.2 Å². The van der Waals surface area contributed by atoms with E-state index in [9.17, 15) is 19.1 Å². The molecule has 0 saturated carbocycles. The highest BCUT2D eigenvalue weighted by atomic mass is 28.3. The molecule has 4 aromatic rings. The number of aromatic nitrogens is 5. The van der Waals surface area contributed by atoms with E-state index in [4.69, 9.17) is 9.47 Å². The Balaban J connectivity index is 1.49. The average molecular weight is 555 g/mol. The van der Waals surface area contributed by atoms with Crippen molar-refractivity contribution in [3.8, 4) is 11.4 Å². The fourth-order valence-electron chi connectivity index (χ4n) is 4.46. The smallest absolute Gasteiger partial charge is 0.339 e. The molecule has 39 heavy (non-hydrogen) atoms. The molecule has 11 nitrogen and oxygen atoms in total. The minimum absolute atomic E-state index is 0.00887. The summed E-state index contributed by atoms with van der Waals surface area (Å²) in [7, 11) is -1.27. The van der Waals surface area contributed by atoms with Gasteiger partial charge in [-0.3, -0.25) is 9.48 Å². The number of rotatable bonds is 9. The fourth-order valence-corrected chi connectivity index (χ4v) is 5.22. The molecule has 3 aromatic heterocycles. The van der Waals surface area contributed by atoms with Crippen molar-refractivity contribution in [1.29, 1.82) is 0 Å². The summed E-state index contributed by atoms with van der Waals surface area (Å²) in [6.45, 7) is 9.33. The maximum absolute atomic E-state index is 14.2. The van der Waals surface area contributed by atoms with Crippen LogP contribution in [0.15, 0.2) is 30.6 Å². The van der Waals surface area contributed by atoms with Crippen LogP contribution in [0, 0.1) is 5.82 Å². The second-order valence-electron chi connectivity index (χ2n) is 10.8. The monoisotopic (exact) mass is 554 g/mol. The Kier molecular flexibility index (Phi) is 7.47. The number of hydrogen-bond donors (Lipinski definition) is 1. The van der Waals surface area contributed by atoms with Crippen LogP contribution in [0.2, 0.25) is 25.7 Å². The van der Waals surface area contributed by atoms with E-state index in [0.717, 1.165) is 6.04 Å². The van der Waals surface area contributed by atoms with E-state index in [1.807, 2.05) is 0 Å². The lowest BCUT2D eigenvalue weighted by molar-refractivity contribution is -0.136. The van der Waals surface area contributed by atoms with Gasteiger partial charge in [-0.05, 0) is 24.2 Å². The van der Waals surface area contributed by atoms with Gasteiger partial charge in [0.2, 0.25) is 5.91 Å². The standard InChI is InChI=1S/C26H31FN6O5Si/c1-39(2,3)11-10-38-16-32-14-19(26(35)36)24-25(32)28-13-20(29-24)23-18-5-4-17(27)12-21(18)33(30-23)15-22(34)31-6-8-37-9-7-31/h4-5,12-14H,6-11,15-16H2,1-3H3,(H,35,36). The minimum Gasteiger partial charge on any atom is -0.478 e. The van der Waals surface area contributed by atoms with Crippen molar-refractivity contribution >= 4 is 42.0 Å². The van der Waals surface area contributed by atoms with Crippen LogP contribution in [0.4, 0.5) is 4.39 Å². The Morgan fingerprint density at radius 1 is 1.21 bits per heavy atom. The molecular formula is C26H31FN6O5Si. The van der Waals surface area contributed by atoms with Crippen molar-refractivity contribution in [2.24, 2.45) is 0 Å². The van der Waals surface area contributed by atoms with Crippen LogP contribution in [0.3, 0.4) is 0 Å². The number of halogens is 1. The molecule has 0 aliphatic carbocycles. The molecule has 5 rings (SSSR count). The third-order valence-electron chi connectivity index (χ3n) is 6.63. The Hall–Kier alpha value is -3.68. The van der Waals surface area contributed by atoms with Crippen molar-refractivity contribution in [2.75, 3.05) is 32.9 Å². The molecule has 1 saturated heterocycles. The number of hydrogen-bond acceptors (Lipinski definition) is 7. The lowest BCUT2D eigenvalue weighted by Crippen LogP contribution is -2.42. The lowest BCUT2D eigenvalue weighted by Gasteiger charge is -2.26. The number of morpholine rings is 1. The highest BCUT2D eigenvalue weighted by molar-refractivity contribution is 6.76. The summed E-state index contributed by atoms with van der Waals surface area (Å²) in [6.07, 6.45) is 2.98. The zero-order chi connectivity index (χ0) is 27.7. The minimum atomic E-state index is -1.27. The summed E-state index contributed by atoms with van der Waals surface area (Å²) in [5.74, 6) is -1.75. The number of ether oxygens (including phenoxy) is 2. The molecular weight excluding hydrogens is 523 g/mol. The second kappa shape index (κ2) is 10.8. The zero-order valence-electron chi connectivity index (χ0n) is 22.2. The molecule has 1 aliphatic heterocycles. The number of carbonyl (C=O) groups is 2. The van der Waals surface area contributed by atoms with Crippen LogP contribution >= 0.6 is 0 Å². The van der Waals surface area contributed by atoms with Crippen molar-refractivity contribution in [2.45, 2.75) is 39.0 Å². The highest BCUT2D eigenvalue weighted by Crippen LogP contribution is 2.29. The SMILES string of the molecule is C[Si](C)(C)CCOCn1cc(C(=O)O)c2nc(-c3nn(CC(=O)N4CCOCC4)c4cc(F)ccc34)cnc21. The van der Waals surface area contributed by atoms with Gasteiger partial charge in [0.25, 0.3) is 0 Å². The zero-order valence-corrected chi connectivity index (χ0v) is 23.2. The molecule has 0 bridgehead atoms. The van der Waals surface area contributed by atoms with Gasteiger partial charge < -0.3 is 24.0 Å². The first-order valence-electron chi connectivity index (χ1n) is 12.8. The molecule has 1 amide bonds. The van der Waals surface area contributed by atoms with E-state index in [1.165, 1.54) is 29.2 Å². The molecule has 13 heteroatoms. The van der Waals surface area contributed by atoms with Crippen LogP contribution in [-0.2, 0) is 27.5 Å². The van der Waals surface area contributed by atoms with Gasteiger partial charge in [-0.1, -0.05) is 19.6 Å². The summed E-state index contributed by atoms with van der Waals surface area (Å²) < 4.78 is 28.4. The van der Waals surface area contributed by atoms with E-state index in [1.54, 1.807) is 15.5 Å². The maximum atomic E-state index is 14.2. The predicted molar refractivity (Wildman–Crippen MR) is 145 cm³/mol. The fraction of sp³-hybridized carbons (Fsp3) is 0.423. The molecule has 1 N–H and O–H groups in total. The van der Waals surface area contributed by atoms with Crippen molar-refractivity contribution < 1.29 is 28.6 Å². The summed E-state index contributed by atoms with van der Waals surface area (Å²) in [5.41, 5.74) is 1.69. The summed E-state index contributed by atoms with van der Waals surface area (Å²) in [4.78, 5) is 35.8. The summed E-state index contributed by atoms with van der Waals surface area (Å²) >= 11 is 0. The number of fused-ring (bicyclic) bond motifs is 2. The topological polar surface area (TPSA) is 125 Å². The van der Waals surface area contributed by atoms with Gasteiger partial charge in [0.1, 0.15) is 41.6 Å². The maximum Gasteiger partial charge on any atom is 0.339 e. The number of aromatic carboxylic acids is 1. The Bertz CT molecular complexity index is 1540. The Morgan fingerprint density at radius 2 is 1.97 bits per heavy atom. The number of amides is 1. The molecule has 206 valence electrons. The summed E-state index contributed by atoms with van der Waals surface area (Å²) in [6, 6.07) is 5.19. The first-order valence-corrected chi connectivity index (χ1v) is 16.5. The van der Waals surface area contributed by atoms with Crippen molar-refractivity contribution in [1.82, 2.24) is 29.2 Å². The van der Waals surface area contributed by atoms with E-state index >= 15 is 0 Å².